The number of halogens is 2. The van der Waals surface area contributed by atoms with E-state index in [9.17, 15) is 12.8 Å². The van der Waals surface area contributed by atoms with Gasteiger partial charge in [-0.15, -0.1) is 12.4 Å². The summed E-state index contributed by atoms with van der Waals surface area (Å²) in [6.45, 7) is 4.96. The molecule has 0 aliphatic heterocycles. The predicted octanol–water partition coefficient (Wildman–Crippen LogP) is 1.57. The van der Waals surface area contributed by atoms with E-state index in [2.05, 4.69) is 4.72 Å². The zero-order valence-electron chi connectivity index (χ0n) is 10.5. The smallest absolute Gasteiger partial charge is 0.243 e. The Kier molecular flexibility index (Phi) is 5.74. The highest BCUT2D eigenvalue weighted by atomic mass is 35.5. The molecule has 0 radical (unpaired) electrons. The van der Waals surface area contributed by atoms with E-state index >= 15 is 0 Å². The van der Waals surface area contributed by atoms with E-state index in [0.717, 1.165) is 6.07 Å². The number of benzene rings is 1. The van der Waals surface area contributed by atoms with Crippen LogP contribution in [0.2, 0.25) is 0 Å². The standard InChI is InChI=1S/C11H17FN2O2S.ClH/c1-8-5-4-6-9(12)10(8)17(15,16)14-7-11(2,3)13;/h4-6,14H,7,13H2,1-3H3;1H. The predicted molar refractivity (Wildman–Crippen MR) is 71.8 cm³/mol. The van der Waals surface area contributed by atoms with Crippen molar-refractivity contribution in [2.75, 3.05) is 6.54 Å². The molecular formula is C11H18ClFN2O2S. The highest BCUT2D eigenvalue weighted by Gasteiger charge is 2.23. The van der Waals surface area contributed by atoms with Crippen molar-refractivity contribution in [3.63, 3.8) is 0 Å². The normalized spacial score (nSPS) is 12.1. The van der Waals surface area contributed by atoms with Gasteiger partial charge in [-0.1, -0.05) is 12.1 Å². The van der Waals surface area contributed by atoms with Crippen LogP contribution in [-0.2, 0) is 10.0 Å². The zero-order valence-corrected chi connectivity index (χ0v) is 12.2. The van der Waals surface area contributed by atoms with Gasteiger partial charge in [0.25, 0.3) is 0 Å². The van der Waals surface area contributed by atoms with Crippen molar-refractivity contribution in [3.8, 4) is 0 Å². The average molecular weight is 297 g/mol. The van der Waals surface area contributed by atoms with Crippen LogP contribution in [0.1, 0.15) is 19.4 Å². The van der Waals surface area contributed by atoms with Crippen LogP contribution in [-0.4, -0.2) is 20.5 Å². The summed E-state index contributed by atoms with van der Waals surface area (Å²) in [6.07, 6.45) is 0. The molecule has 3 N–H and O–H groups in total. The van der Waals surface area contributed by atoms with Crippen LogP contribution in [0.5, 0.6) is 0 Å². The quantitative estimate of drug-likeness (QED) is 0.886. The SMILES string of the molecule is Cc1cccc(F)c1S(=O)(=O)NCC(C)(C)N.Cl. The lowest BCUT2D eigenvalue weighted by Gasteiger charge is -2.19. The average Bonchev–Trinajstić information content (AvgIpc) is 2.13. The Labute approximate surface area is 113 Å². The third-order valence-electron chi connectivity index (χ3n) is 2.15. The van der Waals surface area contributed by atoms with Gasteiger partial charge >= 0.3 is 0 Å². The van der Waals surface area contributed by atoms with E-state index in [-0.39, 0.29) is 23.8 Å². The lowest BCUT2D eigenvalue weighted by Crippen LogP contribution is -2.45. The van der Waals surface area contributed by atoms with Gasteiger partial charge in [-0.2, -0.15) is 0 Å². The summed E-state index contributed by atoms with van der Waals surface area (Å²) >= 11 is 0. The Hall–Kier alpha value is -0.690. The molecule has 0 amide bonds. The van der Waals surface area contributed by atoms with Gasteiger partial charge in [0.2, 0.25) is 10.0 Å². The van der Waals surface area contributed by atoms with Crippen molar-refractivity contribution < 1.29 is 12.8 Å². The van der Waals surface area contributed by atoms with Gasteiger partial charge in [0.05, 0.1) is 0 Å². The molecule has 0 fully saturated rings. The fourth-order valence-electron chi connectivity index (χ4n) is 1.31. The lowest BCUT2D eigenvalue weighted by atomic mass is 10.1. The minimum atomic E-state index is -3.86. The molecule has 0 atom stereocenters. The van der Waals surface area contributed by atoms with Crippen molar-refractivity contribution in [2.24, 2.45) is 5.73 Å². The molecule has 0 saturated carbocycles. The molecule has 0 spiro atoms. The molecule has 104 valence electrons. The van der Waals surface area contributed by atoms with Crippen LogP contribution in [0.3, 0.4) is 0 Å². The van der Waals surface area contributed by atoms with Crippen LogP contribution >= 0.6 is 12.4 Å². The van der Waals surface area contributed by atoms with Crippen LogP contribution in [0.25, 0.3) is 0 Å². The monoisotopic (exact) mass is 296 g/mol. The first-order valence-electron chi connectivity index (χ1n) is 5.17. The highest BCUT2D eigenvalue weighted by Crippen LogP contribution is 2.18. The Balaban J connectivity index is 0.00000289. The summed E-state index contributed by atoms with van der Waals surface area (Å²) in [4.78, 5) is -0.316. The second-order valence-electron chi connectivity index (χ2n) is 4.70. The Morgan fingerprint density at radius 2 is 1.94 bits per heavy atom. The van der Waals surface area contributed by atoms with Crippen LogP contribution < -0.4 is 10.5 Å². The maximum atomic E-state index is 13.5. The van der Waals surface area contributed by atoms with Gasteiger partial charge in [0, 0.05) is 12.1 Å². The van der Waals surface area contributed by atoms with Gasteiger partial charge in [0.1, 0.15) is 10.7 Å². The number of sulfonamides is 1. The number of aryl methyl sites for hydroxylation is 1. The minimum absolute atomic E-state index is 0. The van der Waals surface area contributed by atoms with Crippen LogP contribution in [0.4, 0.5) is 4.39 Å². The summed E-state index contributed by atoms with van der Waals surface area (Å²) in [5.41, 5.74) is 5.36. The molecular weight excluding hydrogens is 279 g/mol. The third-order valence-corrected chi connectivity index (χ3v) is 3.73. The van der Waals surface area contributed by atoms with E-state index in [0.29, 0.717) is 5.56 Å². The molecule has 0 heterocycles. The fraction of sp³-hybridized carbons (Fsp3) is 0.455. The van der Waals surface area contributed by atoms with Crippen molar-refractivity contribution in [3.05, 3.63) is 29.6 Å². The van der Waals surface area contributed by atoms with Gasteiger partial charge < -0.3 is 5.73 Å². The summed E-state index contributed by atoms with van der Waals surface area (Å²) in [5.74, 6) is -0.757. The maximum absolute atomic E-state index is 13.5. The highest BCUT2D eigenvalue weighted by molar-refractivity contribution is 7.89. The molecule has 1 aromatic carbocycles. The zero-order chi connectivity index (χ0) is 13.3. The van der Waals surface area contributed by atoms with E-state index in [4.69, 9.17) is 5.73 Å². The molecule has 0 unspecified atom stereocenters. The topological polar surface area (TPSA) is 72.2 Å². The summed E-state index contributed by atoms with van der Waals surface area (Å²) in [5, 5.41) is 0. The number of nitrogens with two attached hydrogens (primary N) is 1. The number of nitrogens with one attached hydrogen (secondary N) is 1. The van der Waals surface area contributed by atoms with Gasteiger partial charge in [-0.3, -0.25) is 0 Å². The van der Waals surface area contributed by atoms with Crippen molar-refractivity contribution in [2.45, 2.75) is 31.2 Å². The molecule has 0 bridgehead atoms. The minimum Gasteiger partial charge on any atom is -0.324 e. The van der Waals surface area contributed by atoms with Crippen LogP contribution in [0.15, 0.2) is 23.1 Å². The van der Waals surface area contributed by atoms with Gasteiger partial charge in [-0.05, 0) is 32.4 Å². The molecule has 18 heavy (non-hydrogen) atoms. The van der Waals surface area contributed by atoms with E-state index < -0.39 is 21.4 Å². The van der Waals surface area contributed by atoms with E-state index in [1.165, 1.54) is 6.07 Å². The first-order valence-corrected chi connectivity index (χ1v) is 6.65. The van der Waals surface area contributed by atoms with Crippen LogP contribution in [0, 0.1) is 12.7 Å². The number of rotatable bonds is 4. The molecule has 7 heteroatoms. The summed E-state index contributed by atoms with van der Waals surface area (Å²) < 4.78 is 39.6. The third kappa shape index (κ3) is 4.53. The van der Waals surface area contributed by atoms with E-state index in [1.807, 2.05) is 0 Å². The number of hydrogen-bond acceptors (Lipinski definition) is 3. The lowest BCUT2D eigenvalue weighted by molar-refractivity contribution is 0.494. The molecule has 1 rings (SSSR count). The maximum Gasteiger partial charge on any atom is 0.243 e. The summed E-state index contributed by atoms with van der Waals surface area (Å²) in [6, 6.07) is 4.14. The largest absolute Gasteiger partial charge is 0.324 e. The second kappa shape index (κ2) is 5.97. The Morgan fingerprint density at radius 1 is 1.39 bits per heavy atom. The molecule has 0 aliphatic carbocycles. The van der Waals surface area contributed by atoms with Crippen molar-refractivity contribution in [1.82, 2.24) is 4.72 Å². The van der Waals surface area contributed by atoms with Gasteiger partial charge in [0.15, 0.2) is 0 Å². The molecule has 4 nitrogen and oxygen atoms in total. The summed E-state index contributed by atoms with van der Waals surface area (Å²) in [7, 11) is -3.86. The molecule has 0 saturated heterocycles. The second-order valence-corrected chi connectivity index (χ2v) is 6.40. The fourth-order valence-corrected chi connectivity index (χ4v) is 2.83. The number of hydrogen-bond donors (Lipinski definition) is 2. The first kappa shape index (κ1) is 17.3. The first-order chi connectivity index (χ1) is 7.63. The molecule has 1 aromatic rings. The van der Waals surface area contributed by atoms with E-state index in [1.54, 1.807) is 26.8 Å². The molecule has 0 aromatic heterocycles. The Morgan fingerprint density at radius 3 is 2.39 bits per heavy atom. The van der Waals surface area contributed by atoms with Gasteiger partial charge in [-0.25, -0.2) is 17.5 Å². The molecule has 0 aliphatic rings. The van der Waals surface area contributed by atoms with Crippen molar-refractivity contribution >= 4 is 22.4 Å². The van der Waals surface area contributed by atoms with Crippen molar-refractivity contribution in [1.29, 1.82) is 0 Å². The Bertz CT molecular complexity index is 492.